The molecule has 0 bridgehead atoms. The van der Waals surface area contributed by atoms with Crippen molar-refractivity contribution in [2.24, 2.45) is 0 Å². The van der Waals surface area contributed by atoms with Crippen LogP contribution in [0.3, 0.4) is 0 Å². The Hall–Kier alpha value is -1.58. The van der Waals surface area contributed by atoms with Gasteiger partial charge in [-0.1, -0.05) is 26.7 Å². The van der Waals surface area contributed by atoms with Gasteiger partial charge in [-0.15, -0.1) is 0 Å². The summed E-state index contributed by atoms with van der Waals surface area (Å²) in [5.41, 5.74) is 2.09. The molecule has 1 rings (SSSR count). The summed E-state index contributed by atoms with van der Waals surface area (Å²) in [6.45, 7) is 6.25. The van der Waals surface area contributed by atoms with Gasteiger partial charge in [0, 0.05) is 23.9 Å². The lowest BCUT2D eigenvalue weighted by atomic mass is 10.1. The van der Waals surface area contributed by atoms with E-state index in [1.165, 1.54) is 0 Å². The summed E-state index contributed by atoms with van der Waals surface area (Å²) >= 11 is 0. The Labute approximate surface area is 109 Å². The molecule has 0 amide bonds. The van der Waals surface area contributed by atoms with Crippen LogP contribution in [0.5, 0.6) is 0 Å². The van der Waals surface area contributed by atoms with Gasteiger partial charge in [-0.05, 0) is 31.4 Å². The van der Waals surface area contributed by atoms with Gasteiger partial charge >= 0.3 is 0 Å². The van der Waals surface area contributed by atoms with E-state index in [9.17, 15) is 10.1 Å². The Morgan fingerprint density at radius 1 is 1.28 bits per heavy atom. The number of rotatable bonds is 7. The highest BCUT2D eigenvalue weighted by atomic mass is 16.6. The minimum absolute atomic E-state index is 0.153. The minimum Gasteiger partial charge on any atom is -0.382 e. The van der Waals surface area contributed by atoms with Crippen molar-refractivity contribution in [2.45, 2.75) is 52.5 Å². The number of nitro benzene ring substituents is 1. The molecule has 0 aliphatic rings. The lowest BCUT2D eigenvalue weighted by molar-refractivity contribution is -0.384. The zero-order chi connectivity index (χ0) is 13.5. The SMILES string of the molecule is CCCC(CCC)Nc1ccc([N+](=O)[O-])cc1C. The van der Waals surface area contributed by atoms with Gasteiger partial charge in [0.05, 0.1) is 4.92 Å². The molecule has 0 radical (unpaired) electrons. The van der Waals surface area contributed by atoms with E-state index in [-0.39, 0.29) is 10.6 Å². The summed E-state index contributed by atoms with van der Waals surface area (Å²) < 4.78 is 0. The highest BCUT2D eigenvalue weighted by molar-refractivity contribution is 5.55. The smallest absolute Gasteiger partial charge is 0.269 e. The zero-order valence-corrected chi connectivity index (χ0v) is 11.4. The average Bonchev–Trinajstić information content (AvgIpc) is 2.32. The van der Waals surface area contributed by atoms with Crippen LogP contribution in [0.4, 0.5) is 11.4 Å². The lowest BCUT2D eigenvalue weighted by Gasteiger charge is -2.20. The maximum atomic E-state index is 10.7. The topological polar surface area (TPSA) is 55.2 Å². The Kier molecular flexibility index (Phi) is 5.62. The predicted octanol–water partition coefficient (Wildman–Crippen LogP) is 4.28. The van der Waals surface area contributed by atoms with Crippen molar-refractivity contribution in [3.63, 3.8) is 0 Å². The van der Waals surface area contributed by atoms with E-state index in [2.05, 4.69) is 19.2 Å². The zero-order valence-electron chi connectivity index (χ0n) is 11.4. The number of nitrogens with zero attached hydrogens (tertiary/aromatic N) is 1. The third-order valence-corrected chi connectivity index (χ3v) is 3.05. The quantitative estimate of drug-likeness (QED) is 0.580. The van der Waals surface area contributed by atoms with E-state index in [0.717, 1.165) is 36.9 Å². The molecule has 0 aromatic heterocycles. The third-order valence-electron chi connectivity index (χ3n) is 3.05. The van der Waals surface area contributed by atoms with Crippen LogP contribution in [0, 0.1) is 17.0 Å². The van der Waals surface area contributed by atoms with Crippen LogP contribution < -0.4 is 5.32 Å². The Morgan fingerprint density at radius 2 is 1.89 bits per heavy atom. The fourth-order valence-corrected chi connectivity index (χ4v) is 2.13. The van der Waals surface area contributed by atoms with Crippen molar-refractivity contribution in [1.29, 1.82) is 0 Å². The maximum absolute atomic E-state index is 10.7. The molecule has 18 heavy (non-hydrogen) atoms. The largest absolute Gasteiger partial charge is 0.382 e. The van der Waals surface area contributed by atoms with E-state index in [1.54, 1.807) is 12.1 Å². The van der Waals surface area contributed by atoms with Gasteiger partial charge in [0.2, 0.25) is 0 Å². The van der Waals surface area contributed by atoms with Gasteiger partial charge in [0.1, 0.15) is 0 Å². The van der Waals surface area contributed by atoms with E-state index in [0.29, 0.717) is 6.04 Å². The van der Waals surface area contributed by atoms with E-state index < -0.39 is 0 Å². The van der Waals surface area contributed by atoms with E-state index >= 15 is 0 Å². The summed E-state index contributed by atoms with van der Waals surface area (Å²) in [7, 11) is 0. The second kappa shape index (κ2) is 6.99. The number of benzene rings is 1. The minimum atomic E-state index is -0.355. The van der Waals surface area contributed by atoms with Gasteiger partial charge in [0.25, 0.3) is 5.69 Å². The summed E-state index contributed by atoms with van der Waals surface area (Å²) in [5, 5.41) is 14.2. The van der Waals surface area contributed by atoms with Crippen molar-refractivity contribution in [3.05, 3.63) is 33.9 Å². The van der Waals surface area contributed by atoms with Crippen LogP contribution in [-0.4, -0.2) is 11.0 Å². The van der Waals surface area contributed by atoms with Gasteiger partial charge in [0.15, 0.2) is 0 Å². The Bertz CT molecular complexity index is 399. The number of hydrogen-bond donors (Lipinski definition) is 1. The highest BCUT2D eigenvalue weighted by Crippen LogP contribution is 2.23. The Morgan fingerprint density at radius 3 is 2.33 bits per heavy atom. The first kappa shape index (κ1) is 14.5. The van der Waals surface area contributed by atoms with Gasteiger partial charge in [-0.2, -0.15) is 0 Å². The van der Waals surface area contributed by atoms with Crippen molar-refractivity contribution in [2.75, 3.05) is 5.32 Å². The van der Waals surface area contributed by atoms with Crippen molar-refractivity contribution >= 4 is 11.4 Å². The Balaban J connectivity index is 2.79. The van der Waals surface area contributed by atoms with Crippen molar-refractivity contribution in [3.8, 4) is 0 Å². The fourth-order valence-electron chi connectivity index (χ4n) is 2.13. The number of non-ortho nitro benzene ring substituents is 1. The lowest BCUT2D eigenvalue weighted by Crippen LogP contribution is -2.19. The second-order valence-electron chi connectivity index (χ2n) is 4.67. The van der Waals surface area contributed by atoms with Crippen LogP contribution in [0.1, 0.15) is 45.1 Å². The summed E-state index contributed by atoms with van der Waals surface area (Å²) in [6, 6.07) is 5.45. The van der Waals surface area contributed by atoms with Crippen LogP contribution in [0.2, 0.25) is 0 Å². The molecule has 0 fully saturated rings. The van der Waals surface area contributed by atoms with Crippen LogP contribution in [0.25, 0.3) is 0 Å². The first-order chi connectivity index (χ1) is 8.58. The second-order valence-corrected chi connectivity index (χ2v) is 4.67. The fraction of sp³-hybridized carbons (Fsp3) is 0.571. The predicted molar refractivity (Wildman–Crippen MR) is 75.1 cm³/mol. The van der Waals surface area contributed by atoms with Crippen LogP contribution in [0.15, 0.2) is 18.2 Å². The van der Waals surface area contributed by atoms with Gasteiger partial charge < -0.3 is 5.32 Å². The maximum Gasteiger partial charge on any atom is 0.269 e. The number of anilines is 1. The molecule has 0 spiro atoms. The molecular formula is C14H22N2O2. The standard InChI is InChI=1S/C14H22N2O2/c1-4-6-12(7-5-2)15-14-9-8-13(16(17)18)10-11(14)3/h8-10,12,15H,4-7H2,1-3H3. The highest BCUT2D eigenvalue weighted by Gasteiger charge is 2.11. The average molecular weight is 250 g/mol. The molecule has 1 aromatic carbocycles. The molecule has 0 unspecified atom stereocenters. The molecule has 1 N–H and O–H groups in total. The van der Waals surface area contributed by atoms with Crippen LogP contribution in [-0.2, 0) is 0 Å². The van der Waals surface area contributed by atoms with E-state index in [1.807, 2.05) is 13.0 Å². The molecule has 100 valence electrons. The summed E-state index contributed by atoms with van der Waals surface area (Å²) in [4.78, 5) is 10.3. The summed E-state index contributed by atoms with van der Waals surface area (Å²) in [5.74, 6) is 0. The molecule has 1 aromatic rings. The molecule has 0 saturated heterocycles. The monoisotopic (exact) mass is 250 g/mol. The van der Waals surface area contributed by atoms with E-state index in [4.69, 9.17) is 0 Å². The number of hydrogen-bond acceptors (Lipinski definition) is 3. The molecule has 0 aliphatic heterocycles. The normalized spacial score (nSPS) is 10.7. The number of nitro groups is 1. The molecule has 4 heteroatoms. The first-order valence-electron chi connectivity index (χ1n) is 6.60. The molecule has 0 saturated carbocycles. The molecular weight excluding hydrogens is 228 g/mol. The van der Waals surface area contributed by atoms with Crippen molar-refractivity contribution < 1.29 is 4.92 Å². The molecule has 0 atom stereocenters. The van der Waals surface area contributed by atoms with Gasteiger partial charge in [-0.3, -0.25) is 10.1 Å². The van der Waals surface area contributed by atoms with Crippen molar-refractivity contribution in [1.82, 2.24) is 0 Å². The summed E-state index contributed by atoms with van der Waals surface area (Å²) in [6.07, 6.45) is 4.54. The van der Waals surface area contributed by atoms with Gasteiger partial charge in [-0.25, -0.2) is 0 Å². The van der Waals surface area contributed by atoms with Crippen LogP contribution >= 0.6 is 0 Å². The number of nitrogens with one attached hydrogen (secondary N) is 1. The molecule has 4 nitrogen and oxygen atoms in total. The number of aryl methyl sites for hydroxylation is 1. The molecule has 0 aliphatic carbocycles. The molecule has 0 heterocycles. The third kappa shape index (κ3) is 4.02. The first-order valence-corrected chi connectivity index (χ1v) is 6.60.